The van der Waals surface area contributed by atoms with Crippen LogP contribution in [-0.2, 0) is 11.2 Å². The number of ether oxygens (including phenoxy) is 1. The van der Waals surface area contributed by atoms with Crippen molar-refractivity contribution in [2.45, 2.75) is 32.6 Å². The third-order valence-electron chi connectivity index (χ3n) is 3.78. The predicted molar refractivity (Wildman–Crippen MR) is 89.2 cm³/mol. The van der Waals surface area contributed by atoms with Gasteiger partial charge in [-0.1, -0.05) is 37.3 Å². The van der Waals surface area contributed by atoms with Crippen molar-refractivity contribution in [3.8, 4) is 11.5 Å². The summed E-state index contributed by atoms with van der Waals surface area (Å²) in [5.41, 5.74) is 2.26. The Morgan fingerprint density at radius 1 is 1.22 bits per heavy atom. The van der Waals surface area contributed by atoms with Crippen molar-refractivity contribution in [3.63, 3.8) is 0 Å². The summed E-state index contributed by atoms with van der Waals surface area (Å²) >= 11 is 0. The van der Waals surface area contributed by atoms with Crippen molar-refractivity contribution < 1.29 is 19.7 Å². The third kappa shape index (κ3) is 4.25. The molecule has 0 saturated heterocycles. The minimum absolute atomic E-state index is 0.123. The van der Waals surface area contributed by atoms with Gasteiger partial charge in [-0.25, -0.2) is 0 Å². The molecule has 2 aromatic rings. The van der Waals surface area contributed by atoms with Crippen LogP contribution >= 0.6 is 0 Å². The average Bonchev–Trinajstić information content (AvgIpc) is 2.52. The summed E-state index contributed by atoms with van der Waals surface area (Å²) < 4.78 is 5.63. The normalized spacial score (nSPS) is 11.9. The van der Waals surface area contributed by atoms with Gasteiger partial charge in [0.15, 0.2) is 0 Å². The Morgan fingerprint density at radius 2 is 1.96 bits per heavy atom. The number of hydrogen-bond donors (Lipinski definition) is 2. The molecule has 2 aromatic carbocycles. The highest BCUT2D eigenvalue weighted by atomic mass is 16.5. The summed E-state index contributed by atoms with van der Waals surface area (Å²) in [6.07, 6.45) is 1.17. The highest BCUT2D eigenvalue weighted by Crippen LogP contribution is 2.29. The predicted octanol–water partition coefficient (Wildman–Crippen LogP) is 3.90. The Hall–Kier alpha value is -2.49. The van der Waals surface area contributed by atoms with Crippen molar-refractivity contribution in [1.82, 2.24) is 0 Å². The van der Waals surface area contributed by atoms with Crippen LogP contribution in [0.3, 0.4) is 0 Å². The number of hydrogen-bond acceptors (Lipinski definition) is 3. The van der Waals surface area contributed by atoms with Crippen LogP contribution in [0.1, 0.15) is 36.0 Å². The number of para-hydroxylation sites is 1. The number of benzene rings is 2. The molecule has 0 aliphatic carbocycles. The van der Waals surface area contributed by atoms with Gasteiger partial charge in [-0.2, -0.15) is 0 Å². The number of phenols is 1. The average molecular weight is 314 g/mol. The van der Waals surface area contributed by atoms with E-state index in [1.54, 1.807) is 30.3 Å². The minimum atomic E-state index is -0.908. The zero-order valence-electron chi connectivity index (χ0n) is 13.5. The van der Waals surface area contributed by atoms with Crippen molar-refractivity contribution >= 4 is 5.97 Å². The van der Waals surface area contributed by atoms with E-state index in [0.717, 1.165) is 17.7 Å². The fraction of sp³-hybridized carbons (Fsp3) is 0.316. The van der Waals surface area contributed by atoms with Crippen LogP contribution in [0.5, 0.6) is 11.5 Å². The van der Waals surface area contributed by atoms with E-state index in [4.69, 9.17) is 4.74 Å². The number of aryl methyl sites for hydroxylation is 1. The Balaban J connectivity index is 2.26. The summed E-state index contributed by atoms with van der Waals surface area (Å²) in [5, 5.41) is 19.4. The fourth-order valence-electron chi connectivity index (χ4n) is 2.51. The first-order valence-corrected chi connectivity index (χ1v) is 7.76. The molecule has 122 valence electrons. The van der Waals surface area contributed by atoms with Crippen LogP contribution in [0, 0.1) is 6.92 Å². The molecule has 0 bridgehead atoms. The van der Waals surface area contributed by atoms with Gasteiger partial charge in [-0.05, 0) is 48.6 Å². The van der Waals surface area contributed by atoms with Crippen LogP contribution < -0.4 is 4.74 Å². The largest absolute Gasteiger partial charge is 0.508 e. The van der Waals surface area contributed by atoms with Crippen LogP contribution in [-0.4, -0.2) is 22.8 Å². The lowest BCUT2D eigenvalue weighted by Gasteiger charge is -2.16. The summed E-state index contributed by atoms with van der Waals surface area (Å²) in [7, 11) is 0. The summed E-state index contributed by atoms with van der Waals surface area (Å²) in [6.45, 7) is 4.59. The maximum atomic E-state index is 11.7. The molecule has 23 heavy (non-hydrogen) atoms. The van der Waals surface area contributed by atoms with Crippen LogP contribution in [0.25, 0.3) is 0 Å². The second kappa shape index (κ2) is 7.68. The van der Waals surface area contributed by atoms with Crippen LogP contribution in [0.4, 0.5) is 0 Å². The molecule has 1 atom stereocenters. The lowest BCUT2D eigenvalue weighted by atomic mass is 9.90. The van der Waals surface area contributed by atoms with E-state index in [2.05, 4.69) is 0 Å². The van der Waals surface area contributed by atoms with Crippen LogP contribution in [0.2, 0.25) is 0 Å². The van der Waals surface area contributed by atoms with Crippen molar-refractivity contribution in [2.24, 2.45) is 0 Å². The van der Waals surface area contributed by atoms with Crippen molar-refractivity contribution in [3.05, 3.63) is 59.2 Å². The first-order chi connectivity index (χ1) is 11.0. The molecule has 0 aliphatic heterocycles. The molecule has 0 heterocycles. The van der Waals surface area contributed by atoms with Gasteiger partial charge in [0.1, 0.15) is 11.5 Å². The lowest BCUT2D eigenvalue weighted by molar-refractivity contribution is -0.138. The Bertz CT molecular complexity index is 679. The lowest BCUT2D eigenvalue weighted by Crippen LogP contribution is -2.15. The number of rotatable bonds is 7. The number of carbonyl (C=O) groups is 1. The van der Waals surface area contributed by atoms with E-state index in [-0.39, 0.29) is 12.2 Å². The SMILES string of the molecule is CCCOc1ccc(C(Cc2ccccc2O)C(=O)O)cc1C. The van der Waals surface area contributed by atoms with Gasteiger partial charge in [0.25, 0.3) is 0 Å². The molecule has 0 amide bonds. The molecule has 4 nitrogen and oxygen atoms in total. The first kappa shape index (κ1) is 16.9. The molecule has 0 radical (unpaired) electrons. The molecule has 0 spiro atoms. The summed E-state index contributed by atoms with van der Waals surface area (Å²) in [6, 6.07) is 12.3. The monoisotopic (exact) mass is 314 g/mol. The van der Waals surface area contributed by atoms with Crippen molar-refractivity contribution in [2.75, 3.05) is 6.61 Å². The number of aliphatic carboxylic acids is 1. The number of carboxylic acid groups (broad SMARTS) is 1. The van der Waals surface area contributed by atoms with Crippen LogP contribution in [0.15, 0.2) is 42.5 Å². The molecule has 1 unspecified atom stereocenters. The number of carboxylic acids is 1. The summed E-state index contributed by atoms with van der Waals surface area (Å²) in [4.78, 5) is 11.7. The molecule has 0 fully saturated rings. The molecule has 4 heteroatoms. The number of phenolic OH excluding ortho intramolecular Hbond substituents is 1. The van der Waals surface area contributed by atoms with E-state index in [9.17, 15) is 15.0 Å². The van der Waals surface area contributed by atoms with Gasteiger partial charge >= 0.3 is 5.97 Å². The second-order valence-electron chi connectivity index (χ2n) is 5.60. The maximum Gasteiger partial charge on any atom is 0.311 e. The third-order valence-corrected chi connectivity index (χ3v) is 3.78. The number of aromatic hydroxyl groups is 1. The van der Waals surface area contributed by atoms with E-state index >= 15 is 0 Å². The second-order valence-corrected chi connectivity index (χ2v) is 5.60. The zero-order chi connectivity index (χ0) is 16.8. The quantitative estimate of drug-likeness (QED) is 0.813. The van der Waals surface area contributed by atoms with Gasteiger partial charge in [0.05, 0.1) is 12.5 Å². The van der Waals surface area contributed by atoms with E-state index in [1.165, 1.54) is 0 Å². The Morgan fingerprint density at radius 3 is 2.57 bits per heavy atom. The highest BCUT2D eigenvalue weighted by molar-refractivity contribution is 5.77. The molecular weight excluding hydrogens is 292 g/mol. The van der Waals surface area contributed by atoms with Gasteiger partial charge < -0.3 is 14.9 Å². The molecular formula is C19H22O4. The van der Waals surface area contributed by atoms with Gasteiger partial charge in [-0.15, -0.1) is 0 Å². The van der Waals surface area contributed by atoms with Gasteiger partial charge in [0.2, 0.25) is 0 Å². The van der Waals surface area contributed by atoms with E-state index in [0.29, 0.717) is 17.7 Å². The topological polar surface area (TPSA) is 66.8 Å². The molecule has 2 N–H and O–H groups in total. The smallest absolute Gasteiger partial charge is 0.311 e. The highest BCUT2D eigenvalue weighted by Gasteiger charge is 2.22. The molecule has 0 aliphatic rings. The zero-order valence-corrected chi connectivity index (χ0v) is 13.5. The fourth-order valence-corrected chi connectivity index (χ4v) is 2.51. The Kier molecular flexibility index (Phi) is 5.63. The van der Waals surface area contributed by atoms with E-state index in [1.807, 2.05) is 26.0 Å². The Labute approximate surface area is 136 Å². The van der Waals surface area contributed by atoms with Gasteiger partial charge in [-0.3, -0.25) is 4.79 Å². The van der Waals surface area contributed by atoms with Crippen molar-refractivity contribution in [1.29, 1.82) is 0 Å². The minimum Gasteiger partial charge on any atom is -0.508 e. The van der Waals surface area contributed by atoms with Gasteiger partial charge in [0, 0.05) is 0 Å². The van der Waals surface area contributed by atoms with E-state index < -0.39 is 11.9 Å². The molecule has 0 aromatic heterocycles. The first-order valence-electron chi connectivity index (χ1n) is 7.76. The molecule has 2 rings (SSSR count). The summed E-state index contributed by atoms with van der Waals surface area (Å²) in [5.74, 6) is -0.710. The molecule has 0 saturated carbocycles. The standard InChI is InChI=1S/C19H22O4/c1-3-10-23-18-9-8-14(11-13(18)2)16(19(21)22)12-15-6-4-5-7-17(15)20/h4-9,11,16,20H,3,10,12H2,1-2H3,(H,21,22). The maximum absolute atomic E-state index is 11.7.